The molecule has 18 heavy (non-hydrogen) atoms. The summed E-state index contributed by atoms with van der Waals surface area (Å²) in [5.41, 5.74) is 0.677. The van der Waals surface area contributed by atoms with Crippen LogP contribution in [0, 0.1) is 5.82 Å². The molecule has 1 aromatic carbocycles. The minimum Gasteiger partial charge on any atom is -0.377 e. The topological polar surface area (TPSA) is 42.7 Å². The summed E-state index contributed by atoms with van der Waals surface area (Å²) in [6, 6.07) is 4.49. The number of benzene rings is 1. The van der Waals surface area contributed by atoms with E-state index >= 15 is 0 Å². The first-order valence-corrected chi connectivity index (χ1v) is 6.03. The molecule has 0 saturated heterocycles. The predicted octanol–water partition coefficient (Wildman–Crippen LogP) is 3.26. The summed E-state index contributed by atoms with van der Waals surface area (Å²) in [6.45, 7) is 4.55. The van der Waals surface area contributed by atoms with Crippen molar-refractivity contribution in [2.45, 2.75) is 26.4 Å². The maximum atomic E-state index is 12.9. The van der Waals surface area contributed by atoms with Crippen molar-refractivity contribution in [2.24, 2.45) is 0 Å². The van der Waals surface area contributed by atoms with Gasteiger partial charge >= 0.3 is 0 Å². The Morgan fingerprint density at radius 1 is 1.44 bits per heavy atom. The highest BCUT2D eigenvalue weighted by molar-refractivity contribution is 6.33. The van der Waals surface area contributed by atoms with Gasteiger partial charge in [-0.15, -0.1) is 0 Å². The highest BCUT2D eigenvalue weighted by Crippen LogP contribution is 2.22. The highest BCUT2D eigenvalue weighted by Gasteiger charge is 2.08. The standard InChI is InChI=1S/C12H14ClFN4/c1-8(2)18-12(16-7-17-18)6-15-11-4-3-9(14)5-10(11)13/h3-5,7-8,15H,6H2,1-2H3. The fraction of sp³-hybridized carbons (Fsp3) is 0.333. The molecule has 6 heteroatoms. The Hall–Kier alpha value is -1.62. The van der Waals surface area contributed by atoms with E-state index in [0.717, 1.165) is 5.82 Å². The Balaban J connectivity index is 2.09. The number of hydrogen-bond acceptors (Lipinski definition) is 3. The van der Waals surface area contributed by atoms with Crippen LogP contribution in [-0.4, -0.2) is 14.8 Å². The maximum absolute atomic E-state index is 12.9. The molecule has 0 atom stereocenters. The van der Waals surface area contributed by atoms with E-state index in [9.17, 15) is 4.39 Å². The molecule has 0 aliphatic carbocycles. The van der Waals surface area contributed by atoms with Crippen LogP contribution >= 0.6 is 11.6 Å². The van der Waals surface area contributed by atoms with Crippen molar-refractivity contribution in [3.8, 4) is 0 Å². The molecule has 0 fully saturated rings. The van der Waals surface area contributed by atoms with Gasteiger partial charge in [0.2, 0.25) is 0 Å². The summed E-state index contributed by atoms with van der Waals surface area (Å²) in [6.07, 6.45) is 1.52. The Morgan fingerprint density at radius 3 is 2.89 bits per heavy atom. The number of rotatable bonds is 4. The normalized spacial score (nSPS) is 10.9. The van der Waals surface area contributed by atoms with Crippen LogP contribution in [0.1, 0.15) is 25.7 Å². The number of aromatic nitrogens is 3. The third kappa shape index (κ3) is 2.79. The molecule has 1 N–H and O–H groups in total. The molecule has 0 amide bonds. The number of halogens is 2. The number of nitrogens with zero attached hydrogens (tertiary/aromatic N) is 3. The monoisotopic (exact) mass is 268 g/mol. The van der Waals surface area contributed by atoms with E-state index in [0.29, 0.717) is 17.3 Å². The van der Waals surface area contributed by atoms with E-state index in [1.54, 1.807) is 6.07 Å². The fourth-order valence-corrected chi connectivity index (χ4v) is 1.87. The molecule has 1 aromatic heterocycles. The molecule has 0 aliphatic heterocycles. The minimum atomic E-state index is -0.351. The van der Waals surface area contributed by atoms with Crippen LogP contribution in [0.5, 0.6) is 0 Å². The maximum Gasteiger partial charge on any atom is 0.146 e. The quantitative estimate of drug-likeness (QED) is 0.925. The number of hydrogen-bond donors (Lipinski definition) is 1. The Labute approximate surface area is 110 Å². The van der Waals surface area contributed by atoms with E-state index in [4.69, 9.17) is 11.6 Å². The average Bonchev–Trinajstić information content (AvgIpc) is 2.76. The molecule has 0 saturated carbocycles. The molecule has 0 radical (unpaired) electrons. The zero-order valence-corrected chi connectivity index (χ0v) is 10.9. The molecule has 0 bridgehead atoms. The number of nitrogens with one attached hydrogen (secondary N) is 1. The van der Waals surface area contributed by atoms with Crippen LogP contribution in [0.4, 0.5) is 10.1 Å². The van der Waals surface area contributed by atoms with Crippen LogP contribution < -0.4 is 5.32 Å². The van der Waals surface area contributed by atoms with Crippen LogP contribution in [-0.2, 0) is 6.54 Å². The highest BCUT2D eigenvalue weighted by atomic mass is 35.5. The zero-order valence-electron chi connectivity index (χ0n) is 10.2. The second-order valence-electron chi connectivity index (χ2n) is 4.19. The second-order valence-corrected chi connectivity index (χ2v) is 4.60. The molecular formula is C12H14ClFN4. The summed E-state index contributed by atoms with van der Waals surface area (Å²) in [5, 5.41) is 7.61. The van der Waals surface area contributed by atoms with E-state index in [2.05, 4.69) is 15.4 Å². The lowest BCUT2D eigenvalue weighted by Crippen LogP contribution is -2.12. The summed E-state index contributed by atoms with van der Waals surface area (Å²) < 4.78 is 14.7. The Bertz CT molecular complexity index is 539. The Morgan fingerprint density at radius 2 is 2.22 bits per heavy atom. The molecular weight excluding hydrogens is 255 g/mol. The fourth-order valence-electron chi connectivity index (χ4n) is 1.64. The molecule has 1 heterocycles. The predicted molar refractivity (Wildman–Crippen MR) is 69.1 cm³/mol. The first-order chi connectivity index (χ1) is 8.58. The van der Waals surface area contributed by atoms with Crippen LogP contribution in [0.15, 0.2) is 24.5 Å². The van der Waals surface area contributed by atoms with Gasteiger partial charge in [0.15, 0.2) is 0 Å². The third-order valence-corrected chi connectivity index (χ3v) is 2.82. The smallest absolute Gasteiger partial charge is 0.146 e. The van der Waals surface area contributed by atoms with E-state index in [1.807, 2.05) is 18.5 Å². The Kier molecular flexibility index (Phi) is 3.81. The van der Waals surface area contributed by atoms with Gasteiger partial charge in [-0.25, -0.2) is 14.1 Å². The molecule has 0 aliphatic rings. The van der Waals surface area contributed by atoms with Gasteiger partial charge in [-0.1, -0.05) is 11.6 Å². The van der Waals surface area contributed by atoms with Crippen molar-refractivity contribution in [2.75, 3.05) is 5.32 Å². The lowest BCUT2D eigenvalue weighted by atomic mass is 10.3. The number of anilines is 1. The SMILES string of the molecule is CC(C)n1ncnc1CNc1ccc(F)cc1Cl. The van der Waals surface area contributed by atoms with Gasteiger partial charge in [-0.05, 0) is 32.0 Å². The van der Waals surface area contributed by atoms with Crippen LogP contribution in [0.25, 0.3) is 0 Å². The van der Waals surface area contributed by atoms with Gasteiger partial charge in [-0.3, -0.25) is 0 Å². The van der Waals surface area contributed by atoms with Crippen molar-refractivity contribution >= 4 is 17.3 Å². The lowest BCUT2D eigenvalue weighted by molar-refractivity contribution is 0.509. The summed E-state index contributed by atoms with van der Waals surface area (Å²) in [4.78, 5) is 4.17. The van der Waals surface area contributed by atoms with Crippen molar-refractivity contribution in [3.63, 3.8) is 0 Å². The van der Waals surface area contributed by atoms with Crippen molar-refractivity contribution in [1.82, 2.24) is 14.8 Å². The van der Waals surface area contributed by atoms with Crippen LogP contribution in [0.2, 0.25) is 5.02 Å². The largest absolute Gasteiger partial charge is 0.377 e. The lowest BCUT2D eigenvalue weighted by Gasteiger charge is -2.11. The van der Waals surface area contributed by atoms with Gasteiger partial charge in [0, 0.05) is 6.04 Å². The van der Waals surface area contributed by atoms with E-state index in [1.165, 1.54) is 18.5 Å². The molecule has 0 unspecified atom stereocenters. The molecule has 2 aromatic rings. The van der Waals surface area contributed by atoms with Gasteiger partial charge in [0.05, 0.1) is 17.3 Å². The second kappa shape index (κ2) is 5.35. The van der Waals surface area contributed by atoms with Crippen LogP contribution in [0.3, 0.4) is 0 Å². The molecule has 96 valence electrons. The van der Waals surface area contributed by atoms with E-state index in [-0.39, 0.29) is 11.9 Å². The summed E-state index contributed by atoms with van der Waals surface area (Å²) in [5.74, 6) is 0.460. The van der Waals surface area contributed by atoms with Crippen molar-refractivity contribution in [1.29, 1.82) is 0 Å². The summed E-state index contributed by atoms with van der Waals surface area (Å²) >= 11 is 5.93. The van der Waals surface area contributed by atoms with E-state index < -0.39 is 0 Å². The minimum absolute atomic E-state index is 0.244. The summed E-state index contributed by atoms with van der Waals surface area (Å²) in [7, 11) is 0. The molecule has 0 spiro atoms. The first kappa shape index (κ1) is 12.8. The third-order valence-electron chi connectivity index (χ3n) is 2.50. The van der Waals surface area contributed by atoms with Gasteiger partial charge in [0.1, 0.15) is 18.0 Å². The zero-order chi connectivity index (χ0) is 13.1. The average molecular weight is 269 g/mol. The van der Waals surface area contributed by atoms with Crippen molar-refractivity contribution in [3.05, 3.63) is 41.2 Å². The van der Waals surface area contributed by atoms with Gasteiger partial charge < -0.3 is 5.32 Å². The van der Waals surface area contributed by atoms with Gasteiger partial charge in [-0.2, -0.15) is 5.10 Å². The first-order valence-electron chi connectivity index (χ1n) is 5.65. The van der Waals surface area contributed by atoms with Crippen molar-refractivity contribution < 1.29 is 4.39 Å². The molecule has 2 rings (SSSR count). The molecule has 4 nitrogen and oxygen atoms in total. The van der Waals surface area contributed by atoms with Gasteiger partial charge in [0.25, 0.3) is 0 Å².